The molecule has 1 unspecified atom stereocenters. The monoisotopic (exact) mass is 416 g/mol. The smallest absolute Gasteiger partial charge is 0.254 e. The van der Waals surface area contributed by atoms with Crippen molar-refractivity contribution in [2.24, 2.45) is 0 Å². The second-order valence-electron chi connectivity index (χ2n) is 7.93. The van der Waals surface area contributed by atoms with Crippen molar-refractivity contribution >= 4 is 22.7 Å². The van der Waals surface area contributed by atoms with E-state index in [1.165, 1.54) is 0 Å². The summed E-state index contributed by atoms with van der Waals surface area (Å²) in [6, 6.07) is 13.4. The minimum Gasteiger partial charge on any atom is -0.368 e. The third-order valence-electron chi connectivity index (χ3n) is 6.01. The van der Waals surface area contributed by atoms with Gasteiger partial charge in [-0.3, -0.25) is 14.6 Å². The van der Waals surface area contributed by atoms with E-state index in [2.05, 4.69) is 4.98 Å². The van der Waals surface area contributed by atoms with E-state index in [1.54, 1.807) is 12.4 Å². The van der Waals surface area contributed by atoms with Gasteiger partial charge in [0.15, 0.2) is 0 Å². The fourth-order valence-electron chi connectivity index (χ4n) is 4.30. The van der Waals surface area contributed by atoms with E-state index in [0.717, 1.165) is 35.0 Å². The van der Waals surface area contributed by atoms with Crippen LogP contribution in [0.1, 0.15) is 23.2 Å². The molecule has 7 heteroatoms. The summed E-state index contributed by atoms with van der Waals surface area (Å²) >= 11 is 0. The van der Waals surface area contributed by atoms with Crippen LogP contribution in [0.5, 0.6) is 0 Å². The summed E-state index contributed by atoms with van der Waals surface area (Å²) < 4.78 is 5.53. The zero-order valence-electron chi connectivity index (χ0n) is 17.2. The molecule has 0 spiro atoms. The van der Waals surface area contributed by atoms with Crippen LogP contribution in [0.2, 0.25) is 0 Å². The molecule has 0 bridgehead atoms. The van der Waals surface area contributed by atoms with Crippen molar-refractivity contribution in [1.82, 2.24) is 19.8 Å². The molecule has 2 saturated heterocycles. The number of pyridine rings is 2. The second kappa shape index (κ2) is 8.43. The van der Waals surface area contributed by atoms with Gasteiger partial charge >= 0.3 is 0 Å². The lowest BCUT2D eigenvalue weighted by Crippen LogP contribution is -2.52. The maximum atomic E-state index is 13.5. The zero-order chi connectivity index (χ0) is 21.2. The summed E-state index contributed by atoms with van der Waals surface area (Å²) in [6.45, 7) is 2.75. The summed E-state index contributed by atoms with van der Waals surface area (Å²) in [5.41, 5.74) is 3.09. The number of carbonyl (C=O) groups is 2. The standard InChI is InChI=1S/C24H24N4O3/c29-23(27-11-13-28(14-12-27)24(30)22-6-3-15-31-22)19-16-21(17-7-9-25-10-8-17)26-20-5-2-1-4-18(19)20/h1-2,4-5,7-10,16,22H,3,6,11-15H2. The molecule has 0 radical (unpaired) electrons. The van der Waals surface area contributed by atoms with Crippen molar-refractivity contribution in [3.05, 3.63) is 60.4 Å². The van der Waals surface area contributed by atoms with E-state index in [1.807, 2.05) is 52.3 Å². The third kappa shape index (κ3) is 3.88. The number of amides is 2. The van der Waals surface area contributed by atoms with Gasteiger partial charge in [-0.2, -0.15) is 0 Å². The fourth-order valence-corrected chi connectivity index (χ4v) is 4.30. The van der Waals surface area contributed by atoms with E-state index < -0.39 is 0 Å². The van der Waals surface area contributed by atoms with Crippen LogP contribution in [0.4, 0.5) is 0 Å². The second-order valence-corrected chi connectivity index (χ2v) is 7.93. The normalized spacial score (nSPS) is 19.0. The molecule has 2 amide bonds. The van der Waals surface area contributed by atoms with Gasteiger partial charge in [0.05, 0.1) is 16.8 Å². The summed E-state index contributed by atoms with van der Waals surface area (Å²) in [7, 11) is 0. The van der Waals surface area contributed by atoms with Gasteiger partial charge in [-0.1, -0.05) is 18.2 Å². The third-order valence-corrected chi connectivity index (χ3v) is 6.01. The Kier molecular flexibility index (Phi) is 5.34. The Morgan fingerprint density at radius 2 is 1.71 bits per heavy atom. The molecule has 158 valence electrons. The van der Waals surface area contributed by atoms with E-state index in [-0.39, 0.29) is 17.9 Å². The number of fused-ring (bicyclic) bond motifs is 1. The molecule has 2 aliphatic heterocycles. The first-order valence-electron chi connectivity index (χ1n) is 10.7. The van der Waals surface area contributed by atoms with Crippen LogP contribution in [0.15, 0.2) is 54.9 Å². The molecular weight excluding hydrogens is 392 g/mol. The molecule has 2 aromatic heterocycles. The highest BCUT2D eigenvalue weighted by Crippen LogP contribution is 2.26. The van der Waals surface area contributed by atoms with Crippen LogP contribution in [-0.4, -0.2) is 70.5 Å². The number of hydrogen-bond donors (Lipinski definition) is 0. The number of ether oxygens (including phenoxy) is 1. The molecule has 5 rings (SSSR count). The lowest BCUT2D eigenvalue weighted by molar-refractivity contribution is -0.142. The maximum absolute atomic E-state index is 13.5. The maximum Gasteiger partial charge on any atom is 0.254 e. The van der Waals surface area contributed by atoms with E-state index in [0.29, 0.717) is 38.3 Å². The lowest BCUT2D eigenvalue weighted by atomic mass is 10.0. The van der Waals surface area contributed by atoms with E-state index in [9.17, 15) is 9.59 Å². The molecule has 2 aliphatic rings. The number of para-hydroxylation sites is 1. The van der Waals surface area contributed by atoms with Crippen molar-refractivity contribution in [3.63, 3.8) is 0 Å². The van der Waals surface area contributed by atoms with Crippen molar-refractivity contribution in [1.29, 1.82) is 0 Å². The molecule has 2 fully saturated rings. The number of aromatic nitrogens is 2. The Morgan fingerprint density at radius 1 is 0.968 bits per heavy atom. The quantitative estimate of drug-likeness (QED) is 0.656. The average molecular weight is 416 g/mol. The predicted molar refractivity (Wildman–Crippen MR) is 116 cm³/mol. The van der Waals surface area contributed by atoms with Crippen LogP contribution in [-0.2, 0) is 9.53 Å². The fraction of sp³-hybridized carbons (Fsp3) is 0.333. The zero-order valence-corrected chi connectivity index (χ0v) is 17.2. The molecule has 4 heterocycles. The molecule has 31 heavy (non-hydrogen) atoms. The Hall–Kier alpha value is -3.32. The van der Waals surface area contributed by atoms with Gasteiger partial charge in [-0.25, -0.2) is 4.98 Å². The topological polar surface area (TPSA) is 75.6 Å². The van der Waals surface area contributed by atoms with Crippen LogP contribution in [0.3, 0.4) is 0 Å². The average Bonchev–Trinajstić information content (AvgIpc) is 3.38. The number of hydrogen-bond acceptors (Lipinski definition) is 5. The molecule has 0 saturated carbocycles. The van der Waals surface area contributed by atoms with Crippen LogP contribution < -0.4 is 0 Å². The molecular formula is C24H24N4O3. The van der Waals surface area contributed by atoms with Crippen LogP contribution in [0, 0.1) is 0 Å². The predicted octanol–water partition coefficient (Wildman–Crippen LogP) is 2.76. The van der Waals surface area contributed by atoms with Crippen molar-refractivity contribution in [2.45, 2.75) is 18.9 Å². The Balaban J connectivity index is 1.39. The first kappa shape index (κ1) is 19.6. The molecule has 0 aliphatic carbocycles. The van der Waals surface area contributed by atoms with Crippen molar-refractivity contribution in [3.8, 4) is 11.3 Å². The molecule has 3 aromatic rings. The molecule has 1 atom stereocenters. The first-order chi connectivity index (χ1) is 15.2. The van der Waals surface area contributed by atoms with E-state index in [4.69, 9.17) is 9.72 Å². The lowest BCUT2D eigenvalue weighted by Gasteiger charge is -2.36. The van der Waals surface area contributed by atoms with Crippen molar-refractivity contribution in [2.75, 3.05) is 32.8 Å². The SMILES string of the molecule is O=C(c1cc(-c2ccncc2)nc2ccccc12)N1CCN(C(=O)C2CCCO2)CC1. The van der Waals surface area contributed by atoms with Gasteiger partial charge in [0.25, 0.3) is 11.8 Å². The summed E-state index contributed by atoms with van der Waals surface area (Å²) in [4.78, 5) is 38.6. The number of piperazine rings is 1. The highest BCUT2D eigenvalue weighted by Gasteiger charge is 2.32. The minimum atomic E-state index is -0.311. The van der Waals surface area contributed by atoms with Gasteiger partial charge in [0.1, 0.15) is 6.10 Å². The number of benzene rings is 1. The van der Waals surface area contributed by atoms with E-state index >= 15 is 0 Å². The summed E-state index contributed by atoms with van der Waals surface area (Å²) in [5, 5.41) is 0.836. The van der Waals surface area contributed by atoms with Gasteiger partial charge in [-0.05, 0) is 37.1 Å². The van der Waals surface area contributed by atoms with Crippen LogP contribution >= 0.6 is 0 Å². The molecule has 0 N–H and O–H groups in total. The van der Waals surface area contributed by atoms with Gasteiger partial charge in [-0.15, -0.1) is 0 Å². The molecule has 1 aromatic carbocycles. The largest absolute Gasteiger partial charge is 0.368 e. The number of nitrogens with zero attached hydrogens (tertiary/aromatic N) is 4. The Morgan fingerprint density at radius 3 is 2.45 bits per heavy atom. The van der Waals surface area contributed by atoms with Gasteiger partial charge < -0.3 is 14.5 Å². The first-order valence-corrected chi connectivity index (χ1v) is 10.7. The number of carbonyl (C=O) groups excluding carboxylic acids is 2. The van der Waals surface area contributed by atoms with Crippen molar-refractivity contribution < 1.29 is 14.3 Å². The minimum absolute atomic E-state index is 0.0295. The highest BCUT2D eigenvalue weighted by atomic mass is 16.5. The Labute approximate surface area is 180 Å². The highest BCUT2D eigenvalue weighted by molar-refractivity contribution is 6.07. The summed E-state index contributed by atoms with van der Waals surface area (Å²) in [5.74, 6) is 0.0251. The number of rotatable bonds is 3. The molecule has 7 nitrogen and oxygen atoms in total. The van der Waals surface area contributed by atoms with Gasteiger partial charge in [0.2, 0.25) is 0 Å². The Bertz CT molecular complexity index is 1100. The van der Waals surface area contributed by atoms with Gasteiger partial charge in [0, 0.05) is 56.1 Å². The summed E-state index contributed by atoms with van der Waals surface area (Å²) in [6.07, 6.45) is 4.85. The van der Waals surface area contributed by atoms with Crippen LogP contribution in [0.25, 0.3) is 22.2 Å².